The molecule has 4 rings (SSSR count). The predicted octanol–water partition coefficient (Wildman–Crippen LogP) is 2.56. The molecular formula is C22H22N4O3. The minimum Gasteiger partial charge on any atom is -0.336 e. The normalized spacial score (nSPS) is 23.1. The summed E-state index contributed by atoms with van der Waals surface area (Å²) in [5, 5.41) is 16.9. The summed E-state index contributed by atoms with van der Waals surface area (Å²) >= 11 is 0. The summed E-state index contributed by atoms with van der Waals surface area (Å²) in [6.45, 7) is 1.24. The monoisotopic (exact) mass is 390 g/mol. The van der Waals surface area contributed by atoms with Gasteiger partial charge in [-0.3, -0.25) is 14.5 Å². The molecule has 0 radical (unpaired) electrons. The predicted molar refractivity (Wildman–Crippen MR) is 106 cm³/mol. The number of nitrogens with zero attached hydrogens (tertiary/aromatic N) is 2. The third-order valence-electron chi connectivity index (χ3n) is 5.95. The Balaban J connectivity index is 1.54. The number of imide groups is 1. The lowest BCUT2D eigenvalue weighted by Crippen LogP contribution is -2.50. The summed E-state index contributed by atoms with van der Waals surface area (Å²) in [7, 11) is 0. The Labute approximate surface area is 168 Å². The van der Waals surface area contributed by atoms with Crippen LogP contribution < -0.4 is 10.6 Å². The van der Waals surface area contributed by atoms with Crippen molar-refractivity contribution in [3.05, 3.63) is 48.0 Å². The Morgan fingerprint density at radius 3 is 2.55 bits per heavy atom. The molecule has 2 aromatic carbocycles. The summed E-state index contributed by atoms with van der Waals surface area (Å²) in [6, 6.07) is 14.9. The van der Waals surface area contributed by atoms with Gasteiger partial charge in [-0.05, 0) is 55.0 Å². The molecule has 4 amide bonds. The molecule has 0 spiro atoms. The molecule has 0 aromatic heterocycles. The quantitative estimate of drug-likeness (QED) is 0.783. The molecule has 1 atom stereocenters. The second-order valence-electron chi connectivity index (χ2n) is 7.96. The van der Waals surface area contributed by atoms with Crippen molar-refractivity contribution in [3.63, 3.8) is 0 Å². The number of urea groups is 1. The lowest BCUT2D eigenvalue weighted by atomic mass is 9.90. The number of hydrogen-bond donors (Lipinski definition) is 2. The SMILES string of the molecule is C[C@]1(c2ccc3ccccc3c2)NC(=O)N(CC(=O)NC2(C#N)CCCC2)C1=O. The number of carbonyl (C=O) groups is 3. The van der Waals surface area contributed by atoms with Gasteiger partial charge in [0.1, 0.15) is 17.6 Å². The molecule has 1 heterocycles. The van der Waals surface area contributed by atoms with Crippen molar-refractivity contribution in [3.8, 4) is 6.07 Å². The Morgan fingerprint density at radius 1 is 1.17 bits per heavy atom. The van der Waals surface area contributed by atoms with Gasteiger partial charge in [0.05, 0.1) is 6.07 Å². The van der Waals surface area contributed by atoms with Gasteiger partial charge < -0.3 is 10.6 Å². The van der Waals surface area contributed by atoms with E-state index in [4.69, 9.17) is 0 Å². The van der Waals surface area contributed by atoms with Crippen LogP contribution in [0.15, 0.2) is 42.5 Å². The number of nitriles is 1. The summed E-state index contributed by atoms with van der Waals surface area (Å²) < 4.78 is 0. The van der Waals surface area contributed by atoms with Gasteiger partial charge in [-0.2, -0.15) is 5.26 Å². The van der Waals surface area contributed by atoms with Crippen LogP contribution in [-0.4, -0.2) is 34.8 Å². The van der Waals surface area contributed by atoms with E-state index < -0.39 is 35.5 Å². The van der Waals surface area contributed by atoms with Gasteiger partial charge >= 0.3 is 6.03 Å². The number of carbonyl (C=O) groups excluding carboxylic acids is 3. The van der Waals surface area contributed by atoms with Gasteiger partial charge in [0.15, 0.2) is 0 Å². The second-order valence-corrected chi connectivity index (χ2v) is 7.96. The van der Waals surface area contributed by atoms with Crippen LogP contribution >= 0.6 is 0 Å². The zero-order chi connectivity index (χ0) is 20.6. The van der Waals surface area contributed by atoms with E-state index in [1.165, 1.54) is 0 Å². The molecule has 1 saturated carbocycles. The number of benzene rings is 2. The lowest BCUT2D eigenvalue weighted by molar-refractivity contribution is -0.135. The molecular weight excluding hydrogens is 368 g/mol. The maximum absolute atomic E-state index is 13.1. The van der Waals surface area contributed by atoms with E-state index in [1.54, 1.807) is 6.92 Å². The van der Waals surface area contributed by atoms with E-state index >= 15 is 0 Å². The van der Waals surface area contributed by atoms with Crippen LogP contribution in [0.5, 0.6) is 0 Å². The first-order chi connectivity index (χ1) is 13.9. The number of amides is 4. The van der Waals surface area contributed by atoms with Crippen LogP contribution in [0.3, 0.4) is 0 Å². The number of rotatable bonds is 4. The maximum Gasteiger partial charge on any atom is 0.325 e. The molecule has 2 fully saturated rings. The molecule has 29 heavy (non-hydrogen) atoms. The molecule has 7 nitrogen and oxygen atoms in total. The highest BCUT2D eigenvalue weighted by atomic mass is 16.2. The van der Waals surface area contributed by atoms with Gasteiger partial charge in [0.2, 0.25) is 5.91 Å². The minimum atomic E-state index is -1.25. The van der Waals surface area contributed by atoms with Crippen LogP contribution in [0.25, 0.3) is 10.8 Å². The van der Waals surface area contributed by atoms with Gasteiger partial charge in [-0.15, -0.1) is 0 Å². The Kier molecular flexibility index (Phi) is 4.50. The standard InChI is InChI=1S/C22H22N4O3/c1-21(17-9-8-15-6-2-3-7-16(15)12-17)19(28)26(20(29)25-21)13-18(27)24-22(14-23)10-4-5-11-22/h2-3,6-9,12H,4-5,10-11,13H2,1H3,(H,24,27)(H,25,29)/t21-/m1/s1. The lowest BCUT2D eigenvalue weighted by Gasteiger charge is -2.24. The molecule has 0 unspecified atom stereocenters. The molecule has 2 aliphatic rings. The van der Waals surface area contributed by atoms with E-state index in [1.807, 2.05) is 42.5 Å². The fourth-order valence-electron chi connectivity index (χ4n) is 4.23. The van der Waals surface area contributed by atoms with Crippen molar-refractivity contribution in [2.24, 2.45) is 0 Å². The Bertz CT molecular complexity index is 1050. The second kappa shape index (κ2) is 6.89. The highest BCUT2D eigenvalue weighted by molar-refractivity contribution is 6.09. The first-order valence-electron chi connectivity index (χ1n) is 9.73. The average molecular weight is 390 g/mol. The van der Waals surface area contributed by atoms with Crippen LogP contribution in [0, 0.1) is 11.3 Å². The van der Waals surface area contributed by atoms with Crippen LogP contribution in [-0.2, 0) is 15.1 Å². The molecule has 1 aliphatic heterocycles. The topological polar surface area (TPSA) is 102 Å². The maximum atomic E-state index is 13.1. The van der Waals surface area contributed by atoms with Crippen LogP contribution in [0.1, 0.15) is 38.2 Å². The molecule has 148 valence electrons. The van der Waals surface area contributed by atoms with E-state index in [0.29, 0.717) is 18.4 Å². The fraction of sp³-hybridized carbons (Fsp3) is 0.364. The largest absolute Gasteiger partial charge is 0.336 e. The van der Waals surface area contributed by atoms with Crippen molar-refractivity contribution in [1.29, 1.82) is 5.26 Å². The summed E-state index contributed by atoms with van der Waals surface area (Å²) in [5.74, 6) is -0.981. The van der Waals surface area contributed by atoms with Gasteiger partial charge in [-0.25, -0.2) is 4.79 Å². The summed E-state index contributed by atoms with van der Waals surface area (Å²) in [6.07, 6.45) is 2.92. The van der Waals surface area contributed by atoms with Crippen LogP contribution in [0.2, 0.25) is 0 Å². The minimum absolute atomic E-state index is 0.405. The van der Waals surface area contributed by atoms with Gasteiger partial charge in [0, 0.05) is 0 Å². The first kappa shape index (κ1) is 18.9. The molecule has 1 aliphatic carbocycles. The third-order valence-corrected chi connectivity index (χ3v) is 5.95. The van der Waals surface area contributed by atoms with Crippen molar-refractivity contribution < 1.29 is 14.4 Å². The fourth-order valence-corrected chi connectivity index (χ4v) is 4.23. The highest BCUT2D eigenvalue weighted by Crippen LogP contribution is 2.32. The van der Waals surface area contributed by atoms with Crippen LogP contribution in [0.4, 0.5) is 4.79 Å². The molecule has 2 N–H and O–H groups in total. The van der Waals surface area contributed by atoms with E-state index in [9.17, 15) is 19.6 Å². The van der Waals surface area contributed by atoms with Crippen molar-refractivity contribution in [2.45, 2.75) is 43.7 Å². The van der Waals surface area contributed by atoms with Gasteiger partial charge in [0.25, 0.3) is 5.91 Å². The van der Waals surface area contributed by atoms with Crippen molar-refractivity contribution >= 4 is 28.6 Å². The Morgan fingerprint density at radius 2 is 1.86 bits per heavy atom. The summed E-state index contributed by atoms with van der Waals surface area (Å²) in [5.41, 5.74) is -1.48. The molecule has 2 aromatic rings. The zero-order valence-corrected chi connectivity index (χ0v) is 16.2. The average Bonchev–Trinajstić information content (AvgIpc) is 3.27. The smallest absolute Gasteiger partial charge is 0.325 e. The molecule has 0 bridgehead atoms. The number of nitrogens with one attached hydrogen (secondary N) is 2. The molecule has 7 heteroatoms. The number of hydrogen-bond acceptors (Lipinski definition) is 4. The zero-order valence-electron chi connectivity index (χ0n) is 16.2. The number of fused-ring (bicyclic) bond motifs is 1. The van der Waals surface area contributed by atoms with E-state index in [2.05, 4.69) is 16.7 Å². The first-order valence-corrected chi connectivity index (χ1v) is 9.73. The van der Waals surface area contributed by atoms with Crippen molar-refractivity contribution in [2.75, 3.05) is 6.54 Å². The third kappa shape index (κ3) is 3.21. The summed E-state index contributed by atoms with van der Waals surface area (Å²) in [4.78, 5) is 39.0. The van der Waals surface area contributed by atoms with Crippen molar-refractivity contribution in [1.82, 2.24) is 15.5 Å². The highest BCUT2D eigenvalue weighted by Gasteiger charge is 2.50. The molecule has 1 saturated heterocycles. The van der Waals surface area contributed by atoms with E-state index in [0.717, 1.165) is 28.5 Å². The van der Waals surface area contributed by atoms with E-state index in [-0.39, 0.29) is 0 Å². The Hall–Kier alpha value is -3.40. The van der Waals surface area contributed by atoms with Gasteiger partial charge in [-0.1, -0.05) is 36.4 Å².